The average Bonchev–Trinajstić information content (AvgIpc) is 2.77. The van der Waals surface area contributed by atoms with E-state index >= 15 is 0 Å². The Morgan fingerprint density at radius 1 is 0.906 bits per heavy atom. The molecule has 1 unspecified atom stereocenters. The van der Waals surface area contributed by atoms with Gasteiger partial charge in [0.1, 0.15) is 5.82 Å². The summed E-state index contributed by atoms with van der Waals surface area (Å²) in [6.45, 7) is 1.47. The molecular formula is C24H20F4N2O2. The number of hydrogen-bond donors (Lipinski definition) is 2. The van der Waals surface area contributed by atoms with Crippen molar-refractivity contribution in [3.05, 3.63) is 95.3 Å². The van der Waals surface area contributed by atoms with Crippen molar-refractivity contribution in [1.29, 1.82) is 0 Å². The number of benzene rings is 3. The summed E-state index contributed by atoms with van der Waals surface area (Å²) in [5.74, 6) is -1.30. The van der Waals surface area contributed by atoms with Gasteiger partial charge in [-0.3, -0.25) is 9.59 Å². The van der Waals surface area contributed by atoms with Gasteiger partial charge in [-0.1, -0.05) is 36.4 Å². The second-order valence-electron chi connectivity index (χ2n) is 7.18. The van der Waals surface area contributed by atoms with Gasteiger partial charge in [0.2, 0.25) is 5.91 Å². The molecular weight excluding hydrogens is 424 g/mol. The molecule has 2 N–H and O–H groups in total. The zero-order valence-corrected chi connectivity index (χ0v) is 17.0. The Hall–Kier alpha value is -3.68. The van der Waals surface area contributed by atoms with Crippen molar-refractivity contribution in [2.75, 3.05) is 6.54 Å². The number of amides is 2. The first kappa shape index (κ1) is 23.0. The van der Waals surface area contributed by atoms with Gasteiger partial charge in [-0.25, -0.2) is 4.39 Å². The number of hydrogen-bond acceptors (Lipinski definition) is 2. The summed E-state index contributed by atoms with van der Waals surface area (Å²) in [5, 5.41) is 5.22. The molecule has 0 aliphatic rings. The van der Waals surface area contributed by atoms with Crippen LogP contribution in [-0.2, 0) is 11.0 Å². The molecule has 1 atom stereocenters. The summed E-state index contributed by atoms with van der Waals surface area (Å²) < 4.78 is 51.2. The summed E-state index contributed by atoms with van der Waals surface area (Å²) in [6, 6.07) is 16.3. The quantitative estimate of drug-likeness (QED) is 0.519. The number of carbonyl (C=O) groups is 2. The summed E-state index contributed by atoms with van der Waals surface area (Å²) in [5.41, 5.74) is 1.33. The van der Waals surface area contributed by atoms with Crippen molar-refractivity contribution < 1.29 is 27.2 Å². The van der Waals surface area contributed by atoms with Crippen LogP contribution in [0.3, 0.4) is 0 Å². The van der Waals surface area contributed by atoms with Crippen molar-refractivity contribution >= 4 is 11.8 Å². The molecule has 3 rings (SSSR count). The van der Waals surface area contributed by atoms with Crippen LogP contribution < -0.4 is 10.6 Å². The summed E-state index contributed by atoms with van der Waals surface area (Å²) in [7, 11) is 0. The molecule has 0 aromatic heterocycles. The predicted molar refractivity (Wildman–Crippen MR) is 112 cm³/mol. The zero-order chi connectivity index (χ0) is 23.3. The van der Waals surface area contributed by atoms with Crippen molar-refractivity contribution in [2.45, 2.75) is 19.1 Å². The van der Waals surface area contributed by atoms with Gasteiger partial charge in [0.05, 0.1) is 18.2 Å². The fourth-order valence-corrected chi connectivity index (χ4v) is 3.08. The van der Waals surface area contributed by atoms with Crippen LogP contribution in [0.1, 0.15) is 34.5 Å². The molecule has 32 heavy (non-hydrogen) atoms. The molecule has 3 aromatic rings. The van der Waals surface area contributed by atoms with Gasteiger partial charge in [0, 0.05) is 5.56 Å². The third-order valence-electron chi connectivity index (χ3n) is 4.83. The Bertz CT molecular complexity index is 1090. The maximum atomic E-state index is 13.0. The van der Waals surface area contributed by atoms with Gasteiger partial charge < -0.3 is 10.6 Å². The van der Waals surface area contributed by atoms with Crippen LogP contribution >= 0.6 is 0 Å². The number of alkyl halides is 3. The number of rotatable bonds is 6. The Kier molecular flexibility index (Phi) is 6.92. The summed E-state index contributed by atoms with van der Waals surface area (Å²) >= 11 is 0. The first-order valence-electron chi connectivity index (χ1n) is 9.74. The highest BCUT2D eigenvalue weighted by molar-refractivity contribution is 5.97. The van der Waals surface area contributed by atoms with E-state index in [-0.39, 0.29) is 24.0 Å². The van der Waals surface area contributed by atoms with Gasteiger partial charge in [-0.05, 0) is 60.0 Å². The maximum Gasteiger partial charge on any atom is 0.416 e. The fraction of sp³-hybridized carbons (Fsp3) is 0.167. The molecule has 166 valence electrons. The van der Waals surface area contributed by atoms with Crippen LogP contribution in [0.4, 0.5) is 17.6 Å². The van der Waals surface area contributed by atoms with E-state index in [1.165, 1.54) is 30.3 Å². The van der Waals surface area contributed by atoms with E-state index in [1.807, 2.05) is 0 Å². The lowest BCUT2D eigenvalue weighted by atomic mass is 10.0. The van der Waals surface area contributed by atoms with Crippen molar-refractivity contribution in [2.24, 2.45) is 0 Å². The zero-order valence-electron chi connectivity index (χ0n) is 17.0. The molecule has 4 nitrogen and oxygen atoms in total. The van der Waals surface area contributed by atoms with Gasteiger partial charge in [0.15, 0.2) is 0 Å². The van der Waals surface area contributed by atoms with Crippen molar-refractivity contribution in [3.63, 3.8) is 0 Å². The standard InChI is InChI=1S/C24H20F4N2O2/c1-15(16-7-11-21(25)12-8-16)30-22(31)14-29-23(32)19-4-2-3-18(13-19)17-5-9-20(10-6-17)24(26,27)28/h2-13,15H,14H2,1H3,(H,29,32)(H,30,31). The lowest BCUT2D eigenvalue weighted by Gasteiger charge is -2.15. The van der Waals surface area contributed by atoms with Crippen LogP contribution in [0, 0.1) is 5.82 Å². The first-order chi connectivity index (χ1) is 15.1. The topological polar surface area (TPSA) is 58.2 Å². The highest BCUT2D eigenvalue weighted by Crippen LogP contribution is 2.31. The Balaban J connectivity index is 1.59. The summed E-state index contributed by atoms with van der Waals surface area (Å²) in [6.07, 6.45) is -4.42. The van der Waals surface area contributed by atoms with Crippen molar-refractivity contribution in [1.82, 2.24) is 10.6 Å². The number of nitrogens with one attached hydrogen (secondary N) is 2. The SMILES string of the molecule is CC(NC(=O)CNC(=O)c1cccc(-c2ccc(C(F)(F)F)cc2)c1)c1ccc(F)cc1. The van der Waals surface area contributed by atoms with E-state index in [4.69, 9.17) is 0 Å². The molecule has 0 fully saturated rings. The van der Waals surface area contributed by atoms with Crippen LogP contribution in [0.5, 0.6) is 0 Å². The molecule has 0 aliphatic carbocycles. The van der Waals surface area contributed by atoms with Crippen LogP contribution in [0.25, 0.3) is 11.1 Å². The van der Waals surface area contributed by atoms with Crippen LogP contribution in [-0.4, -0.2) is 18.4 Å². The molecule has 0 heterocycles. The third-order valence-corrected chi connectivity index (χ3v) is 4.83. The number of halogens is 4. The molecule has 0 saturated carbocycles. The molecule has 0 saturated heterocycles. The first-order valence-corrected chi connectivity index (χ1v) is 9.74. The lowest BCUT2D eigenvalue weighted by Crippen LogP contribution is -2.38. The van der Waals surface area contributed by atoms with Crippen LogP contribution in [0.2, 0.25) is 0 Å². The Morgan fingerprint density at radius 3 is 2.19 bits per heavy atom. The van der Waals surface area contributed by atoms with E-state index in [0.29, 0.717) is 11.1 Å². The van der Waals surface area contributed by atoms with E-state index in [1.54, 1.807) is 37.3 Å². The fourth-order valence-electron chi connectivity index (χ4n) is 3.08. The van der Waals surface area contributed by atoms with E-state index in [9.17, 15) is 27.2 Å². The lowest BCUT2D eigenvalue weighted by molar-refractivity contribution is -0.137. The molecule has 0 spiro atoms. The Labute approximate surface area is 182 Å². The second-order valence-corrected chi connectivity index (χ2v) is 7.18. The third kappa shape index (κ3) is 5.94. The number of carbonyl (C=O) groups excluding carboxylic acids is 2. The average molecular weight is 444 g/mol. The molecule has 2 amide bonds. The van der Waals surface area contributed by atoms with E-state index < -0.39 is 23.6 Å². The predicted octanol–water partition coefficient (Wildman–Crippen LogP) is 5.12. The largest absolute Gasteiger partial charge is 0.416 e. The van der Waals surface area contributed by atoms with Gasteiger partial charge in [-0.2, -0.15) is 13.2 Å². The normalized spacial score (nSPS) is 12.2. The van der Waals surface area contributed by atoms with Gasteiger partial charge in [-0.15, -0.1) is 0 Å². The van der Waals surface area contributed by atoms with Crippen LogP contribution in [0.15, 0.2) is 72.8 Å². The minimum absolute atomic E-state index is 0.266. The molecule has 0 aliphatic heterocycles. The second kappa shape index (κ2) is 9.64. The molecule has 3 aromatic carbocycles. The van der Waals surface area contributed by atoms with Crippen molar-refractivity contribution in [3.8, 4) is 11.1 Å². The van der Waals surface area contributed by atoms with E-state index in [2.05, 4.69) is 10.6 Å². The monoisotopic (exact) mass is 444 g/mol. The Morgan fingerprint density at radius 2 is 1.56 bits per heavy atom. The van der Waals surface area contributed by atoms with Gasteiger partial charge in [0.25, 0.3) is 5.91 Å². The smallest absolute Gasteiger partial charge is 0.348 e. The maximum absolute atomic E-state index is 13.0. The minimum atomic E-state index is -4.42. The summed E-state index contributed by atoms with van der Waals surface area (Å²) in [4.78, 5) is 24.6. The molecule has 0 bridgehead atoms. The van der Waals surface area contributed by atoms with Gasteiger partial charge >= 0.3 is 6.18 Å². The highest BCUT2D eigenvalue weighted by atomic mass is 19.4. The molecule has 8 heteroatoms. The highest BCUT2D eigenvalue weighted by Gasteiger charge is 2.30. The minimum Gasteiger partial charge on any atom is -0.348 e. The molecule has 0 radical (unpaired) electrons. The van der Waals surface area contributed by atoms with E-state index in [0.717, 1.165) is 17.7 Å².